The highest BCUT2D eigenvalue weighted by Crippen LogP contribution is 2.31. The number of hydrogen-bond donors (Lipinski definition) is 2. The van der Waals surface area contributed by atoms with Crippen molar-refractivity contribution in [1.82, 2.24) is 10.2 Å². The van der Waals surface area contributed by atoms with Crippen LogP contribution >= 0.6 is 46.6 Å². The Bertz CT molecular complexity index is 893. The number of rotatable bonds is 11. The van der Waals surface area contributed by atoms with Crippen molar-refractivity contribution in [3.63, 3.8) is 0 Å². The lowest BCUT2D eigenvalue weighted by Gasteiger charge is -2.18. The highest BCUT2D eigenvalue weighted by molar-refractivity contribution is 14.1. The van der Waals surface area contributed by atoms with Crippen molar-refractivity contribution in [2.45, 2.75) is 13.8 Å². The predicted molar refractivity (Wildman–Crippen MR) is 139 cm³/mol. The lowest BCUT2D eigenvalue weighted by molar-refractivity contribution is -0.118. The number of likely N-dealkylation sites (N-methyl/N-ethyl adjacent to an activating group) is 1. The van der Waals surface area contributed by atoms with Gasteiger partial charge in [-0.2, -0.15) is 0 Å². The first-order valence-corrected chi connectivity index (χ1v) is 11.4. The van der Waals surface area contributed by atoms with Gasteiger partial charge >= 0.3 is 0 Å². The highest BCUT2D eigenvalue weighted by Gasteiger charge is 2.17. The van der Waals surface area contributed by atoms with Crippen LogP contribution in [0.5, 0.6) is 11.5 Å². The number of hydrogen-bond acceptors (Lipinski definition) is 5. The summed E-state index contributed by atoms with van der Waals surface area (Å²) in [5.41, 5.74) is 0.648. The molecule has 2 N–H and O–H groups in total. The van der Waals surface area contributed by atoms with Crippen molar-refractivity contribution in [3.8, 4) is 11.5 Å². The van der Waals surface area contributed by atoms with Crippen LogP contribution in [0.4, 0.5) is 5.69 Å². The number of carbonyl (C=O) groups is 2. The number of halogens is 3. The van der Waals surface area contributed by atoms with Gasteiger partial charge in [0, 0.05) is 22.7 Å². The molecule has 0 fully saturated rings. The summed E-state index contributed by atoms with van der Waals surface area (Å²) in [6.45, 7) is 7.08. The van der Waals surface area contributed by atoms with Crippen molar-refractivity contribution in [2.24, 2.45) is 0 Å². The predicted octanol–water partition coefficient (Wildman–Crippen LogP) is 4.46. The molecule has 2 rings (SSSR count). The van der Waals surface area contributed by atoms with E-state index in [0.717, 1.165) is 23.2 Å². The summed E-state index contributed by atoms with van der Waals surface area (Å²) in [6, 6.07) is 10.4. The van der Waals surface area contributed by atoms with Crippen LogP contribution in [0.2, 0.25) is 5.02 Å². The van der Waals surface area contributed by atoms with Gasteiger partial charge in [-0.1, -0.05) is 25.4 Å². The molecule has 0 heterocycles. The van der Waals surface area contributed by atoms with Crippen LogP contribution in [0.1, 0.15) is 24.2 Å². The van der Waals surface area contributed by atoms with E-state index in [1.54, 1.807) is 12.1 Å². The van der Waals surface area contributed by atoms with Crippen LogP contribution in [0.3, 0.4) is 0 Å². The van der Waals surface area contributed by atoms with E-state index in [9.17, 15) is 9.59 Å². The van der Waals surface area contributed by atoms with Gasteiger partial charge in [0.1, 0.15) is 11.5 Å². The van der Waals surface area contributed by atoms with Gasteiger partial charge in [0.05, 0.1) is 23.4 Å². The molecule has 0 spiro atoms. The van der Waals surface area contributed by atoms with Crippen molar-refractivity contribution < 1.29 is 19.1 Å². The minimum Gasteiger partial charge on any atom is -0.496 e. The Morgan fingerprint density at radius 3 is 2.38 bits per heavy atom. The van der Waals surface area contributed by atoms with E-state index >= 15 is 0 Å². The molecule has 0 unspecified atom stereocenters. The molecule has 0 radical (unpaired) electrons. The fourth-order valence-electron chi connectivity index (χ4n) is 2.82. The molecule has 7 nitrogen and oxygen atoms in total. The van der Waals surface area contributed by atoms with E-state index in [4.69, 9.17) is 21.1 Å². The summed E-state index contributed by atoms with van der Waals surface area (Å²) in [6.07, 6.45) is 0. The quantitative estimate of drug-likeness (QED) is 0.375. The third kappa shape index (κ3) is 8.65. The third-order valence-electron chi connectivity index (χ3n) is 4.60. The zero-order valence-corrected chi connectivity index (χ0v) is 22.0. The maximum absolute atomic E-state index is 12.6. The van der Waals surface area contributed by atoms with Crippen LogP contribution in [0.25, 0.3) is 0 Å². The second kappa shape index (κ2) is 14.4. The van der Waals surface area contributed by atoms with Crippen LogP contribution in [-0.4, -0.2) is 56.6 Å². The standard InChI is InChI=1S/C22H27ClIN3O4.ClH/c1-4-27(5-2)11-10-25-22(29)17-12-18(23)19(13-20(17)30-3)26-21(28)14-31-16-8-6-15(24)7-9-16;/h6-9,12-13H,4-5,10-11,14H2,1-3H3,(H,25,29)(H,26,28);1H. The van der Waals surface area contributed by atoms with E-state index in [2.05, 4.69) is 52.0 Å². The van der Waals surface area contributed by atoms with Crippen LogP contribution in [-0.2, 0) is 4.79 Å². The monoisotopic (exact) mass is 595 g/mol. The molecule has 2 aromatic carbocycles. The van der Waals surface area contributed by atoms with Gasteiger partial charge in [-0.3, -0.25) is 9.59 Å². The van der Waals surface area contributed by atoms with Crippen LogP contribution < -0.4 is 20.1 Å². The number of nitrogens with zero attached hydrogens (tertiary/aromatic N) is 1. The van der Waals surface area contributed by atoms with Crippen LogP contribution in [0, 0.1) is 3.57 Å². The van der Waals surface area contributed by atoms with Gasteiger partial charge in [0.25, 0.3) is 11.8 Å². The normalized spacial score (nSPS) is 10.3. The van der Waals surface area contributed by atoms with E-state index in [1.807, 2.05) is 12.1 Å². The number of methoxy groups -OCH3 is 1. The molecule has 0 aromatic heterocycles. The lowest BCUT2D eigenvalue weighted by Crippen LogP contribution is -2.35. The summed E-state index contributed by atoms with van der Waals surface area (Å²) in [5, 5.41) is 5.80. The Kier molecular flexibility index (Phi) is 12.7. The summed E-state index contributed by atoms with van der Waals surface area (Å²) >= 11 is 8.50. The smallest absolute Gasteiger partial charge is 0.262 e. The molecule has 0 saturated carbocycles. The van der Waals surface area contributed by atoms with Crippen molar-refractivity contribution in [2.75, 3.05) is 45.2 Å². The summed E-state index contributed by atoms with van der Waals surface area (Å²) in [7, 11) is 1.46. The Balaban J connectivity index is 0.00000512. The first-order valence-electron chi connectivity index (χ1n) is 9.94. The molecule has 0 saturated heterocycles. The van der Waals surface area contributed by atoms with Gasteiger partial charge in [0.2, 0.25) is 0 Å². The van der Waals surface area contributed by atoms with Crippen LogP contribution in [0.15, 0.2) is 36.4 Å². The van der Waals surface area contributed by atoms with E-state index in [0.29, 0.717) is 29.3 Å². The lowest BCUT2D eigenvalue weighted by atomic mass is 10.1. The first-order chi connectivity index (χ1) is 14.9. The highest BCUT2D eigenvalue weighted by atomic mass is 127. The van der Waals surface area contributed by atoms with Crippen molar-refractivity contribution in [3.05, 3.63) is 50.6 Å². The van der Waals surface area contributed by atoms with Gasteiger partial charge in [-0.25, -0.2) is 0 Å². The van der Waals surface area contributed by atoms with Gasteiger partial charge < -0.3 is 25.0 Å². The van der Waals surface area contributed by atoms with E-state index in [-0.39, 0.29) is 35.9 Å². The Labute approximate surface area is 213 Å². The minimum atomic E-state index is -0.376. The molecular weight excluding hydrogens is 568 g/mol. The van der Waals surface area contributed by atoms with Crippen molar-refractivity contribution >= 4 is 64.1 Å². The van der Waals surface area contributed by atoms with Gasteiger partial charge in [0.15, 0.2) is 6.61 Å². The topological polar surface area (TPSA) is 79.9 Å². The molecule has 0 bridgehead atoms. The van der Waals surface area contributed by atoms with E-state index < -0.39 is 0 Å². The minimum absolute atomic E-state index is 0. The average molecular weight is 596 g/mol. The van der Waals surface area contributed by atoms with Gasteiger partial charge in [-0.15, -0.1) is 12.4 Å². The van der Waals surface area contributed by atoms with Gasteiger partial charge in [-0.05, 0) is 66.0 Å². The Morgan fingerprint density at radius 1 is 1.12 bits per heavy atom. The number of anilines is 1. The fourth-order valence-corrected chi connectivity index (χ4v) is 3.39. The van der Waals surface area contributed by atoms with E-state index in [1.165, 1.54) is 19.2 Å². The molecule has 0 aliphatic rings. The number of ether oxygens (including phenoxy) is 2. The molecule has 32 heavy (non-hydrogen) atoms. The second-order valence-corrected chi connectivity index (χ2v) is 8.26. The molecule has 0 aliphatic carbocycles. The zero-order valence-electron chi connectivity index (χ0n) is 18.2. The number of benzene rings is 2. The average Bonchev–Trinajstić information content (AvgIpc) is 2.77. The number of amides is 2. The molecule has 2 aromatic rings. The summed E-state index contributed by atoms with van der Waals surface area (Å²) in [5.74, 6) is 0.249. The first kappa shape index (κ1) is 28.3. The Morgan fingerprint density at radius 2 is 1.78 bits per heavy atom. The second-order valence-electron chi connectivity index (χ2n) is 6.61. The fraction of sp³-hybridized carbons (Fsp3) is 0.364. The summed E-state index contributed by atoms with van der Waals surface area (Å²) in [4.78, 5) is 27.0. The number of nitrogens with one attached hydrogen (secondary N) is 2. The largest absolute Gasteiger partial charge is 0.496 e. The van der Waals surface area contributed by atoms with Crippen molar-refractivity contribution in [1.29, 1.82) is 0 Å². The SMILES string of the molecule is CCN(CC)CCNC(=O)c1cc(Cl)c(NC(=O)COc2ccc(I)cc2)cc1OC.Cl. The molecule has 2 amide bonds. The molecule has 0 atom stereocenters. The third-order valence-corrected chi connectivity index (χ3v) is 5.63. The molecule has 176 valence electrons. The molecule has 0 aliphatic heterocycles. The number of carbonyl (C=O) groups excluding carboxylic acids is 2. The zero-order chi connectivity index (χ0) is 22.8. The maximum atomic E-state index is 12.6. The summed E-state index contributed by atoms with van der Waals surface area (Å²) < 4.78 is 11.9. The molecule has 10 heteroatoms. The molecular formula is C22H28Cl2IN3O4. The maximum Gasteiger partial charge on any atom is 0.262 e. The Hall–Kier alpha value is -1.75.